The molecule has 0 spiro atoms. The van der Waals surface area contributed by atoms with E-state index in [0.29, 0.717) is 17.6 Å². The SMILES string of the molecule is CCCCNC(=S)Nc1ncn(Cc2ccc(C)cc2)n1. The third-order valence-electron chi connectivity index (χ3n) is 3.04. The van der Waals surface area contributed by atoms with Crippen molar-refractivity contribution >= 4 is 23.3 Å². The first-order chi connectivity index (χ1) is 10.2. The van der Waals surface area contributed by atoms with Gasteiger partial charge >= 0.3 is 0 Å². The number of aromatic nitrogens is 3. The zero-order chi connectivity index (χ0) is 15.1. The van der Waals surface area contributed by atoms with Crippen molar-refractivity contribution in [2.75, 3.05) is 11.9 Å². The van der Waals surface area contributed by atoms with Gasteiger partial charge in [-0.1, -0.05) is 43.2 Å². The van der Waals surface area contributed by atoms with E-state index >= 15 is 0 Å². The van der Waals surface area contributed by atoms with Gasteiger partial charge in [-0.3, -0.25) is 5.32 Å². The molecule has 2 N–H and O–H groups in total. The fourth-order valence-corrected chi connectivity index (χ4v) is 2.03. The zero-order valence-electron chi connectivity index (χ0n) is 12.5. The fourth-order valence-electron chi connectivity index (χ4n) is 1.83. The summed E-state index contributed by atoms with van der Waals surface area (Å²) < 4.78 is 1.79. The van der Waals surface area contributed by atoms with Crippen LogP contribution in [-0.2, 0) is 6.54 Å². The Kier molecular flexibility index (Phi) is 5.68. The Morgan fingerprint density at radius 2 is 2.05 bits per heavy atom. The van der Waals surface area contributed by atoms with Crippen LogP contribution < -0.4 is 10.6 Å². The van der Waals surface area contributed by atoms with Crippen molar-refractivity contribution in [3.8, 4) is 0 Å². The van der Waals surface area contributed by atoms with E-state index in [1.807, 2.05) is 0 Å². The van der Waals surface area contributed by atoms with Gasteiger partial charge in [-0.2, -0.15) is 0 Å². The maximum atomic E-state index is 5.19. The Morgan fingerprint density at radius 3 is 2.76 bits per heavy atom. The highest BCUT2D eigenvalue weighted by atomic mass is 32.1. The molecule has 0 amide bonds. The van der Waals surface area contributed by atoms with E-state index in [1.165, 1.54) is 11.1 Å². The first-order valence-corrected chi connectivity index (χ1v) is 7.58. The summed E-state index contributed by atoms with van der Waals surface area (Å²) in [4.78, 5) is 4.21. The van der Waals surface area contributed by atoms with Crippen molar-refractivity contribution in [1.29, 1.82) is 0 Å². The lowest BCUT2D eigenvalue weighted by molar-refractivity contribution is 0.687. The first kappa shape index (κ1) is 15.4. The van der Waals surface area contributed by atoms with Gasteiger partial charge in [-0.05, 0) is 31.1 Å². The molecule has 0 aliphatic carbocycles. The van der Waals surface area contributed by atoms with Gasteiger partial charge in [-0.15, -0.1) is 5.10 Å². The van der Waals surface area contributed by atoms with Crippen molar-refractivity contribution < 1.29 is 0 Å². The number of hydrogen-bond acceptors (Lipinski definition) is 3. The topological polar surface area (TPSA) is 54.8 Å². The summed E-state index contributed by atoms with van der Waals surface area (Å²) in [5.41, 5.74) is 2.45. The van der Waals surface area contributed by atoms with E-state index in [2.05, 4.69) is 58.8 Å². The molecule has 2 aromatic rings. The molecule has 0 atom stereocenters. The molecule has 0 saturated heterocycles. The van der Waals surface area contributed by atoms with E-state index < -0.39 is 0 Å². The summed E-state index contributed by atoms with van der Waals surface area (Å²) in [6, 6.07) is 8.39. The minimum Gasteiger partial charge on any atom is -0.362 e. The Labute approximate surface area is 130 Å². The van der Waals surface area contributed by atoms with Gasteiger partial charge in [0, 0.05) is 6.54 Å². The smallest absolute Gasteiger partial charge is 0.248 e. The van der Waals surface area contributed by atoms with Crippen LogP contribution in [0.5, 0.6) is 0 Å². The van der Waals surface area contributed by atoms with Crippen LogP contribution >= 0.6 is 12.2 Å². The molecule has 1 aromatic carbocycles. The summed E-state index contributed by atoms with van der Waals surface area (Å²) in [6.45, 7) is 5.79. The monoisotopic (exact) mass is 303 g/mol. The summed E-state index contributed by atoms with van der Waals surface area (Å²) in [7, 11) is 0. The van der Waals surface area contributed by atoms with E-state index in [0.717, 1.165) is 19.4 Å². The van der Waals surface area contributed by atoms with Gasteiger partial charge in [0.2, 0.25) is 5.95 Å². The minimum atomic E-state index is 0.524. The number of anilines is 1. The zero-order valence-corrected chi connectivity index (χ0v) is 13.3. The quantitative estimate of drug-likeness (QED) is 0.635. The highest BCUT2D eigenvalue weighted by Gasteiger charge is 2.03. The predicted octanol–water partition coefficient (Wildman–Crippen LogP) is 2.72. The van der Waals surface area contributed by atoms with Crippen LogP contribution in [-0.4, -0.2) is 26.4 Å². The second-order valence-electron chi connectivity index (χ2n) is 4.99. The number of hydrogen-bond donors (Lipinski definition) is 2. The average molecular weight is 303 g/mol. The van der Waals surface area contributed by atoms with E-state index in [1.54, 1.807) is 11.0 Å². The molecular formula is C15H21N5S. The number of aryl methyl sites for hydroxylation is 1. The van der Waals surface area contributed by atoms with Crippen molar-refractivity contribution in [3.63, 3.8) is 0 Å². The molecule has 0 fully saturated rings. The van der Waals surface area contributed by atoms with Gasteiger partial charge in [-0.25, -0.2) is 9.67 Å². The van der Waals surface area contributed by atoms with Gasteiger partial charge < -0.3 is 5.32 Å². The standard InChI is InChI=1S/C15H21N5S/c1-3-4-9-16-15(21)18-14-17-11-20(19-14)10-13-7-5-12(2)6-8-13/h5-8,11H,3-4,9-10H2,1-2H3,(H2,16,18,19,21). The van der Waals surface area contributed by atoms with Crippen LogP contribution in [0.4, 0.5) is 5.95 Å². The number of thiocarbonyl (C=S) groups is 1. The molecule has 0 bridgehead atoms. The lowest BCUT2D eigenvalue weighted by atomic mass is 10.1. The average Bonchev–Trinajstić information content (AvgIpc) is 2.89. The Hall–Kier alpha value is -1.95. The molecule has 1 aromatic heterocycles. The lowest BCUT2D eigenvalue weighted by Crippen LogP contribution is -2.29. The van der Waals surface area contributed by atoms with Gasteiger partial charge in [0.05, 0.1) is 6.54 Å². The molecule has 5 nitrogen and oxygen atoms in total. The lowest BCUT2D eigenvalue weighted by Gasteiger charge is -2.06. The van der Waals surface area contributed by atoms with Gasteiger partial charge in [0.25, 0.3) is 0 Å². The molecule has 0 aliphatic heterocycles. The normalized spacial score (nSPS) is 10.4. The van der Waals surface area contributed by atoms with Gasteiger partial charge in [0.15, 0.2) is 5.11 Å². The van der Waals surface area contributed by atoms with E-state index in [4.69, 9.17) is 12.2 Å². The molecule has 6 heteroatoms. The third-order valence-corrected chi connectivity index (χ3v) is 3.29. The largest absolute Gasteiger partial charge is 0.362 e. The van der Waals surface area contributed by atoms with Crippen LogP contribution in [0.2, 0.25) is 0 Å². The maximum Gasteiger partial charge on any atom is 0.248 e. The van der Waals surface area contributed by atoms with E-state index in [9.17, 15) is 0 Å². The van der Waals surface area contributed by atoms with Crippen molar-refractivity contribution in [3.05, 3.63) is 41.7 Å². The highest BCUT2D eigenvalue weighted by Crippen LogP contribution is 2.06. The Bertz CT molecular complexity index is 576. The van der Waals surface area contributed by atoms with Crippen molar-refractivity contribution in [1.82, 2.24) is 20.1 Å². The highest BCUT2D eigenvalue weighted by molar-refractivity contribution is 7.80. The number of nitrogens with zero attached hydrogens (tertiary/aromatic N) is 3. The Morgan fingerprint density at radius 1 is 1.29 bits per heavy atom. The molecule has 21 heavy (non-hydrogen) atoms. The maximum absolute atomic E-state index is 5.19. The third kappa shape index (κ3) is 5.15. The summed E-state index contributed by atoms with van der Waals surface area (Å²) >= 11 is 5.19. The second-order valence-corrected chi connectivity index (χ2v) is 5.39. The number of benzene rings is 1. The van der Waals surface area contributed by atoms with E-state index in [-0.39, 0.29) is 0 Å². The molecule has 112 valence electrons. The van der Waals surface area contributed by atoms with Crippen LogP contribution in [0.15, 0.2) is 30.6 Å². The summed E-state index contributed by atoms with van der Waals surface area (Å²) in [5, 5.41) is 11.1. The molecule has 0 radical (unpaired) electrons. The summed E-state index contributed by atoms with van der Waals surface area (Å²) in [5.74, 6) is 0.524. The Balaban J connectivity index is 1.86. The molecule has 2 rings (SSSR count). The molecule has 0 unspecified atom stereocenters. The summed E-state index contributed by atoms with van der Waals surface area (Å²) in [6.07, 6.45) is 3.94. The number of unbranched alkanes of at least 4 members (excludes halogenated alkanes) is 1. The van der Waals surface area contributed by atoms with Crippen molar-refractivity contribution in [2.45, 2.75) is 33.2 Å². The van der Waals surface area contributed by atoms with Crippen LogP contribution in [0, 0.1) is 6.92 Å². The number of nitrogens with one attached hydrogen (secondary N) is 2. The second kappa shape index (κ2) is 7.73. The minimum absolute atomic E-state index is 0.524. The van der Waals surface area contributed by atoms with Crippen LogP contribution in [0.3, 0.4) is 0 Å². The van der Waals surface area contributed by atoms with Gasteiger partial charge in [0.1, 0.15) is 6.33 Å². The number of rotatable bonds is 6. The van der Waals surface area contributed by atoms with Crippen molar-refractivity contribution in [2.24, 2.45) is 0 Å². The fraction of sp³-hybridized carbons (Fsp3) is 0.400. The van der Waals surface area contributed by atoms with Crippen LogP contribution in [0.1, 0.15) is 30.9 Å². The molecule has 0 aliphatic rings. The molecule has 1 heterocycles. The first-order valence-electron chi connectivity index (χ1n) is 7.17. The molecule has 0 saturated carbocycles. The predicted molar refractivity (Wildman–Crippen MR) is 89.4 cm³/mol. The molecular weight excluding hydrogens is 282 g/mol. The van der Waals surface area contributed by atoms with Crippen LogP contribution in [0.25, 0.3) is 0 Å².